The van der Waals surface area contributed by atoms with Crippen LogP contribution >= 0.6 is 11.3 Å². The topological polar surface area (TPSA) is 39.6 Å². The number of aromatic nitrogens is 1. The molecule has 0 atom stereocenters. The third-order valence-corrected chi connectivity index (χ3v) is 5.26. The van der Waals surface area contributed by atoms with Crippen LogP contribution in [0.1, 0.15) is 43.2 Å². The van der Waals surface area contributed by atoms with Gasteiger partial charge in [0, 0.05) is 38.1 Å². The minimum atomic E-state index is 0.148. The fourth-order valence-electron chi connectivity index (χ4n) is 2.70. The summed E-state index contributed by atoms with van der Waals surface area (Å²) in [6.07, 6.45) is 2.49. The molecule has 5 heteroatoms. The van der Waals surface area contributed by atoms with Crippen molar-refractivity contribution in [2.75, 3.05) is 31.1 Å². The number of piperazine rings is 1. The van der Waals surface area contributed by atoms with Gasteiger partial charge in [0.2, 0.25) is 0 Å². The van der Waals surface area contributed by atoms with Gasteiger partial charge in [-0.05, 0) is 26.7 Å². The Morgan fingerprint density at radius 3 is 2.47 bits per heavy atom. The fraction of sp³-hybridized carbons (Fsp3) is 0.786. The van der Waals surface area contributed by atoms with Gasteiger partial charge in [0.15, 0.2) is 5.13 Å². The Labute approximate surface area is 119 Å². The van der Waals surface area contributed by atoms with E-state index in [-0.39, 0.29) is 6.61 Å². The highest BCUT2D eigenvalue weighted by atomic mass is 32.1. The summed E-state index contributed by atoms with van der Waals surface area (Å²) in [4.78, 5) is 10.8. The zero-order valence-electron chi connectivity index (χ0n) is 11.8. The normalized spacial score (nSPS) is 21.4. The lowest BCUT2D eigenvalue weighted by Gasteiger charge is -2.36. The van der Waals surface area contributed by atoms with Crippen LogP contribution in [-0.4, -0.2) is 47.2 Å². The first kappa shape index (κ1) is 13.3. The Bertz CT molecular complexity index is 434. The van der Waals surface area contributed by atoms with Crippen molar-refractivity contribution in [1.82, 2.24) is 9.88 Å². The first-order valence-corrected chi connectivity index (χ1v) is 8.10. The summed E-state index contributed by atoms with van der Waals surface area (Å²) >= 11 is 1.69. The minimum absolute atomic E-state index is 0.148. The smallest absolute Gasteiger partial charge is 0.185 e. The van der Waals surface area contributed by atoms with Crippen LogP contribution in [-0.2, 0) is 6.61 Å². The summed E-state index contributed by atoms with van der Waals surface area (Å²) in [6, 6.07) is 0.633. The van der Waals surface area contributed by atoms with Crippen LogP contribution in [0.15, 0.2) is 0 Å². The zero-order valence-corrected chi connectivity index (χ0v) is 12.6. The van der Waals surface area contributed by atoms with Gasteiger partial charge in [-0.15, -0.1) is 0 Å². The molecule has 2 heterocycles. The Kier molecular flexibility index (Phi) is 3.78. The maximum Gasteiger partial charge on any atom is 0.185 e. The van der Waals surface area contributed by atoms with Crippen molar-refractivity contribution in [1.29, 1.82) is 0 Å². The van der Waals surface area contributed by atoms with Crippen molar-refractivity contribution in [3.8, 4) is 0 Å². The van der Waals surface area contributed by atoms with Crippen molar-refractivity contribution in [3.05, 3.63) is 10.6 Å². The van der Waals surface area contributed by atoms with E-state index >= 15 is 0 Å². The van der Waals surface area contributed by atoms with Gasteiger partial charge in [-0.1, -0.05) is 11.3 Å². The quantitative estimate of drug-likeness (QED) is 0.917. The van der Waals surface area contributed by atoms with Gasteiger partial charge in [0.25, 0.3) is 0 Å². The zero-order chi connectivity index (χ0) is 13.4. The molecule has 0 amide bonds. The molecule has 1 aromatic heterocycles. The minimum Gasteiger partial charge on any atom is -0.391 e. The third kappa shape index (κ3) is 2.78. The molecule has 0 unspecified atom stereocenters. The molecule has 3 rings (SSSR count). The molecular weight excluding hydrogens is 258 g/mol. The highest BCUT2D eigenvalue weighted by molar-refractivity contribution is 7.15. The van der Waals surface area contributed by atoms with E-state index in [2.05, 4.69) is 23.6 Å². The van der Waals surface area contributed by atoms with E-state index in [1.165, 1.54) is 18.5 Å². The van der Waals surface area contributed by atoms with E-state index in [0.29, 0.717) is 12.0 Å². The van der Waals surface area contributed by atoms with Crippen molar-refractivity contribution >= 4 is 16.5 Å². The third-order valence-electron chi connectivity index (χ3n) is 4.14. The first-order valence-electron chi connectivity index (χ1n) is 7.28. The SMILES string of the molecule is CC(C)N1CCN(c2nc(C3CC3)c(CO)s2)CC1. The molecule has 106 valence electrons. The van der Waals surface area contributed by atoms with Crippen LogP contribution in [0.2, 0.25) is 0 Å². The second-order valence-electron chi connectivity index (χ2n) is 5.85. The standard InChI is InChI=1S/C14H23N3OS/c1-10(2)16-5-7-17(8-6-16)14-15-13(11-3-4-11)12(9-18)19-14/h10-11,18H,3-9H2,1-2H3. The average molecular weight is 281 g/mol. The average Bonchev–Trinajstić information content (AvgIpc) is 3.18. The Morgan fingerprint density at radius 2 is 1.95 bits per heavy atom. The van der Waals surface area contributed by atoms with Gasteiger partial charge in [-0.2, -0.15) is 0 Å². The van der Waals surface area contributed by atoms with Crippen LogP contribution in [0.5, 0.6) is 0 Å². The Morgan fingerprint density at radius 1 is 1.26 bits per heavy atom. The van der Waals surface area contributed by atoms with Gasteiger partial charge < -0.3 is 10.0 Å². The van der Waals surface area contributed by atoms with E-state index in [1.807, 2.05) is 0 Å². The molecule has 1 aromatic rings. The fourth-order valence-corrected chi connectivity index (χ4v) is 3.76. The molecular formula is C14H23N3OS. The highest BCUT2D eigenvalue weighted by Gasteiger charge is 2.31. The molecule has 2 fully saturated rings. The number of hydrogen-bond donors (Lipinski definition) is 1. The second-order valence-corrected chi connectivity index (χ2v) is 6.92. The predicted molar refractivity (Wildman–Crippen MR) is 78.9 cm³/mol. The highest BCUT2D eigenvalue weighted by Crippen LogP contribution is 2.44. The van der Waals surface area contributed by atoms with E-state index in [1.54, 1.807) is 11.3 Å². The van der Waals surface area contributed by atoms with Crippen LogP contribution in [0, 0.1) is 0 Å². The maximum atomic E-state index is 9.47. The summed E-state index contributed by atoms with van der Waals surface area (Å²) in [7, 11) is 0. The number of hydrogen-bond acceptors (Lipinski definition) is 5. The summed E-state index contributed by atoms with van der Waals surface area (Å²) in [5.74, 6) is 0.629. The second kappa shape index (κ2) is 5.38. The molecule has 1 aliphatic carbocycles. The molecule has 19 heavy (non-hydrogen) atoms. The van der Waals surface area contributed by atoms with Crippen molar-refractivity contribution in [2.24, 2.45) is 0 Å². The number of nitrogens with zero attached hydrogens (tertiary/aromatic N) is 3. The number of thiazole rings is 1. The van der Waals surface area contributed by atoms with Gasteiger partial charge in [-0.25, -0.2) is 4.98 Å². The molecule has 1 N–H and O–H groups in total. The largest absolute Gasteiger partial charge is 0.391 e. The lowest BCUT2D eigenvalue weighted by Crippen LogP contribution is -2.48. The number of aliphatic hydroxyl groups excluding tert-OH is 1. The van der Waals surface area contributed by atoms with E-state index in [4.69, 9.17) is 4.98 Å². The molecule has 0 bridgehead atoms. The van der Waals surface area contributed by atoms with E-state index in [0.717, 1.165) is 36.2 Å². The molecule has 1 saturated heterocycles. The van der Waals surface area contributed by atoms with Crippen LogP contribution in [0.4, 0.5) is 5.13 Å². The van der Waals surface area contributed by atoms with E-state index < -0.39 is 0 Å². The molecule has 0 radical (unpaired) electrons. The molecule has 0 aromatic carbocycles. The Hall–Kier alpha value is -0.650. The summed E-state index contributed by atoms with van der Waals surface area (Å²) in [5.41, 5.74) is 1.17. The summed E-state index contributed by atoms with van der Waals surface area (Å²) in [6.45, 7) is 9.01. The molecule has 2 aliphatic rings. The van der Waals surface area contributed by atoms with E-state index in [9.17, 15) is 5.11 Å². The number of aliphatic hydroxyl groups is 1. The lowest BCUT2D eigenvalue weighted by molar-refractivity contribution is 0.209. The van der Waals surface area contributed by atoms with Gasteiger partial charge >= 0.3 is 0 Å². The van der Waals surface area contributed by atoms with Crippen LogP contribution in [0.25, 0.3) is 0 Å². The Balaban J connectivity index is 1.69. The monoisotopic (exact) mass is 281 g/mol. The molecule has 1 aliphatic heterocycles. The lowest BCUT2D eigenvalue weighted by atomic mass is 10.2. The van der Waals surface area contributed by atoms with Crippen molar-refractivity contribution in [2.45, 2.75) is 45.3 Å². The van der Waals surface area contributed by atoms with Crippen LogP contribution in [0.3, 0.4) is 0 Å². The van der Waals surface area contributed by atoms with Gasteiger partial charge in [0.1, 0.15) is 0 Å². The summed E-state index contributed by atoms with van der Waals surface area (Å²) in [5, 5.41) is 10.6. The number of anilines is 1. The number of rotatable bonds is 4. The maximum absolute atomic E-state index is 9.47. The van der Waals surface area contributed by atoms with Gasteiger partial charge in [0.05, 0.1) is 17.2 Å². The van der Waals surface area contributed by atoms with Crippen LogP contribution < -0.4 is 4.90 Å². The predicted octanol–water partition coefficient (Wildman–Crippen LogP) is 2.04. The molecule has 0 spiro atoms. The molecule has 1 saturated carbocycles. The van der Waals surface area contributed by atoms with Crippen molar-refractivity contribution in [3.63, 3.8) is 0 Å². The summed E-state index contributed by atoms with van der Waals surface area (Å²) < 4.78 is 0. The van der Waals surface area contributed by atoms with Crippen molar-refractivity contribution < 1.29 is 5.11 Å². The van der Waals surface area contributed by atoms with Gasteiger partial charge in [-0.3, -0.25) is 4.90 Å². The first-order chi connectivity index (χ1) is 9.19. The molecule has 4 nitrogen and oxygen atoms in total.